The molecule has 2 nitrogen and oxygen atoms in total. The summed E-state index contributed by atoms with van der Waals surface area (Å²) in [5, 5.41) is 3.31. The Balaban J connectivity index is 0.00000133. The van der Waals surface area contributed by atoms with Crippen molar-refractivity contribution in [2.45, 2.75) is 31.7 Å². The van der Waals surface area contributed by atoms with Crippen molar-refractivity contribution < 1.29 is 13.5 Å². The molecular weight excluding hydrogens is 272 g/mol. The molecule has 0 bridgehead atoms. The van der Waals surface area contributed by atoms with Crippen LogP contribution in [0.15, 0.2) is 18.2 Å². The van der Waals surface area contributed by atoms with E-state index in [9.17, 15) is 8.78 Å². The molecule has 1 aliphatic carbocycles. The number of halogens is 3. The van der Waals surface area contributed by atoms with Crippen LogP contribution in [0.25, 0.3) is 0 Å². The van der Waals surface area contributed by atoms with Gasteiger partial charge in [-0.05, 0) is 36.2 Å². The van der Waals surface area contributed by atoms with E-state index < -0.39 is 5.92 Å². The smallest absolute Gasteiger partial charge is 0.248 e. The average molecular weight is 290 g/mol. The van der Waals surface area contributed by atoms with Crippen molar-refractivity contribution in [2.24, 2.45) is 5.92 Å². The van der Waals surface area contributed by atoms with Crippen molar-refractivity contribution in [3.8, 4) is 5.75 Å². The predicted molar refractivity (Wildman–Crippen MR) is 72.3 cm³/mol. The van der Waals surface area contributed by atoms with E-state index in [4.69, 9.17) is 4.74 Å². The van der Waals surface area contributed by atoms with Gasteiger partial charge in [-0.15, -0.1) is 12.4 Å². The van der Waals surface area contributed by atoms with Gasteiger partial charge in [0, 0.05) is 25.3 Å². The van der Waals surface area contributed by atoms with Crippen LogP contribution in [0.4, 0.5) is 8.78 Å². The first-order valence-corrected chi connectivity index (χ1v) is 6.45. The van der Waals surface area contributed by atoms with Crippen molar-refractivity contribution in [2.75, 3.05) is 13.2 Å². The highest BCUT2D eigenvalue weighted by molar-refractivity contribution is 5.85. The van der Waals surface area contributed by atoms with Gasteiger partial charge in [0.15, 0.2) is 0 Å². The number of ether oxygens (including phenoxy) is 1. The molecule has 1 heterocycles. The van der Waals surface area contributed by atoms with E-state index in [0.717, 1.165) is 25.3 Å². The van der Waals surface area contributed by atoms with Crippen molar-refractivity contribution in [3.05, 3.63) is 29.3 Å². The van der Waals surface area contributed by atoms with Gasteiger partial charge in [0.05, 0.1) is 6.61 Å². The molecule has 0 amide bonds. The summed E-state index contributed by atoms with van der Waals surface area (Å²) < 4.78 is 31.0. The third-order valence-electron chi connectivity index (χ3n) is 3.72. The summed E-state index contributed by atoms with van der Waals surface area (Å²) >= 11 is 0. The van der Waals surface area contributed by atoms with E-state index in [1.165, 1.54) is 11.1 Å². The number of hydrogen-bond acceptors (Lipinski definition) is 2. The summed E-state index contributed by atoms with van der Waals surface area (Å²) in [5.41, 5.74) is 2.62. The summed E-state index contributed by atoms with van der Waals surface area (Å²) in [6.07, 6.45) is 0.956. The van der Waals surface area contributed by atoms with Gasteiger partial charge >= 0.3 is 0 Å². The van der Waals surface area contributed by atoms with Crippen LogP contribution in [0.5, 0.6) is 5.75 Å². The molecular formula is C14H18ClF2NO. The van der Waals surface area contributed by atoms with E-state index in [2.05, 4.69) is 11.4 Å². The molecule has 1 saturated carbocycles. The molecule has 0 atom stereocenters. The van der Waals surface area contributed by atoms with Crippen molar-refractivity contribution in [3.63, 3.8) is 0 Å². The summed E-state index contributed by atoms with van der Waals surface area (Å²) in [7, 11) is 0. The lowest BCUT2D eigenvalue weighted by molar-refractivity contribution is -0.119. The Bertz CT molecular complexity index is 445. The van der Waals surface area contributed by atoms with Crippen LogP contribution in [0, 0.1) is 5.92 Å². The van der Waals surface area contributed by atoms with Crippen LogP contribution in [0.3, 0.4) is 0 Å². The average Bonchev–Trinajstić information content (AvgIpc) is 2.33. The molecule has 106 valence electrons. The fourth-order valence-electron chi connectivity index (χ4n) is 2.66. The predicted octanol–water partition coefficient (Wildman–Crippen LogP) is 3.18. The van der Waals surface area contributed by atoms with Gasteiger partial charge in [-0.2, -0.15) is 0 Å². The van der Waals surface area contributed by atoms with Gasteiger partial charge in [-0.1, -0.05) is 6.07 Å². The maximum Gasteiger partial charge on any atom is 0.248 e. The number of rotatable bonds is 3. The van der Waals surface area contributed by atoms with Gasteiger partial charge < -0.3 is 10.1 Å². The first-order valence-electron chi connectivity index (χ1n) is 6.45. The molecule has 1 aromatic rings. The zero-order valence-corrected chi connectivity index (χ0v) is 11.4. The van der Waals surface area contributed by atoms with Crippen molar-refractivity contribution >= 4 is 12.4 Å². The Morgan fingerprint density at radius 1 is 1.26 bits per heavy atom. The Kier molecular flexibility index (Phi) is 4.31. The van der Waals surface area contributed by atoms with Gasteiger partial charge in [-0.25, -0.2) is 8.78 Å². The van der Waals surface area contributed by atoms with E-state index in [1.54, 1.807) is 0 Å². The van der Waals surface area contributed by atoms with Crippen LogP contribution in [0.1, 0.15) is 24.0 Å². The van der Waals surface area contributed by atoms with Gasteiger partial charge in [0.2, 0.25) is 5.92 Å². The molecule has 0 saturated heterocycles. The third-order valence-corrected chi connectivity index (χ3v) is 3.72. The molecule has 2 aliphatic rings. The summed E-state index contributed by atoms with van der Waals surface area (Å²) in [4.78, 5) is 0. The molecule has 5 heteroatoms. The Hall–Kier alpha value is -0.870. The largest absolute Gasteiger partial charge is 0.493 e. The molecule has 0 spiro atoms. The SMILES string of the molecule is Cl.FC1(F)CC(COc2ccc3c(c2)CCNC3)C1. The van der Waals surface area contributed by atoms with E-state index in [-0.39, 0.29) is 31.2 Å². The van der Waals surface area contributed by atoms with Gasteiger partial charge in [0.25, 0.3) is 0 Å². The maximum atomic E-state index is 12.7. The lowest BCUT2D eigenvalue weighted by Crippen LogP contribution is -2.38. The normalized spacial score (nSPS) is 20.9. The topological polar surface area (TPSA) is 21.3 Å². The minimum atomic E-state index is -2.45. The van der Waals surface area contributed by atoms with Crippen LogP contribution in [0.2, 0.25) is 0 Å². The molecule has 1 N–H and O–H groups in total. The first-order chi connectivity index (χ1) is 8.62. The van der Waals surface area contributed by atoms with E-state index in [0.29, 0.717) is 6.61 Å². The highest BCUT2D eigenvalue weighted by Crippen LogP contribution is 2.42. The fraction of sp³-hybridized carbons (Fsp3) is 0.571. The van der Waals surface area contributed by atoms with Crippen LogP contribution < -0.4 is 10.1 Å². The minimum Gasteiger partial charge on any atom is -0.493 e. The van der Waals surface area contributed by atoms with Crippen LogP contribution >= 0.6 is 12.4 Å². The lowest BCUT2D eigenvalue weighted by Gasteiger charge is -2.34. The number of fused-ring (bicyclic) bond motifs is 1. The van der Waals surface area contributed by atoms with Crippen molar-refractivity contribution in [1.29, 1.82) is 0 Å². The molecule has 1 aliphatic heterocycles. The second-order valence-corrected chi connectivity index (χ2v) is 5.30. The number of benzene rings is 1. The Morgan fingerprint density at radius 2 is 2.05 bits per heavy atom. The Morgan fingerprint density at radius 3 is 2.79 bits per heavy atom. The lowest BCUT2D eigenvalue weighted by atomic mass is 9.82. The Labute approximate surface area is 117 Å². The summed E-state index contributed by atoms with van der Waals surface area (Å²) in [6, 6.07) is 6.04. The monoisotopic (exact) mass is 289 g/mol. The maximum absolute atomic E-state index is 12.7. The minimum absolute atomic E-state index is 0. The molecule has 19 heavy (non-hydrogen) atoms. The standard InChI is InChI=1S/C14H17F2NO.ClH/c15-14(16)6-10(7-14)9-18-13-2-1-12-8-17-4-3-11(12)5-13;/h1-2,5,10,17H,3-4,6-9H2;1H. The summed E-state index contributed by atoms with van der Waals surface area (Å²) in [5.74, 6) is -1.63. The zero-order chi connectivity index (χ0) is 12.6. The fourth-order valence-corrected chi connectivity index (χ4v) is 2.66. The molecule has 0 aromatic heterocycles. The zero-order valence-electron chi connectivity index (χ0n) is 10.6. The third kappa shape index (κ3) is 3.37. The van der Waals surface area contributed by atoms with E-state index in [1.807, 2.05) is 12.1 Å². The number of alkyl halides is 2. The summed E-state index contributed by atoms with van der Waals surface area (Å²) in [6.45, 7) is 2.31. The number of hydrogen-bond donors (Lipinski definition) is 1. The van der Waals surface area contributed by atoms with E-state index >= 15 is 0 Å². The molecule has 1 aromatic carbocycles. The van der Waals surface area contributed by atoms with Crippen molar-refractivity contribution in [1.82, 2.24) is 5.32 Å². The van der Waals surface area contributed by atoms with Gasteiger partial charge in [0.1, 0.15) is 5.75 Å². The molecule has 0 radical (unpaired) electrons. The quantitative estimate of drug-likeness (QED) is 0.923. The first kappa shape index (κ1) is 14.5. The van der Waals surface area contributed by atoms with Crippen LogP contribution in [-0.2, 0) is 13.0 Å². The molecule has 3 rings (SSSR count). The highest BCUT2D eigenvalue weighted by atomic mass is 35.5. The van der Waals surface area contributed by atoms with Gasteiger partial charge in [-0.3, -0.25) is 0 Å². The molecule has 0 unspecified atom stereocenters. The second-order valence-electron chi connectivity index (χ2n) is 5.30. The van der Waals surface area contributed by atoms with Crippen LogP contribution in [-0.4, -0.2) is 19.1 Å². The molecule has 1 fully saturated rings. The second kappa shape index (κ2) is 5.63. The number of nitrogens with one attached hydrogen (secondary N) is 1. The highest BCUT2D eigenvalue weighted by Gasteiger charge is 2.45.